The highest BCUT2D eigenvalue weighted by Gasteiger charge is 2.22. The number of anilines is 1. The molecule has 1 amide bonds. The molecule has 0 saturated heterocycles. The highest BCUT2D eigenvalue weighted by atomic mass is 35.5. The lowest BCUT2D eigenvalue weighted by atomic mass is 10.1. The molecule has 1 heterocycles. The van der Waals surface area contributed by atoms with Gasteiger partial charge in [-0.15, -0.1) is 11.3 Å². The highest BCUT2D eigenvalue weighted by molar-refractivity contribution is 7.94. The molecule has 0 aliphatic carbocycles. The number of carbonyl (C=O) groups is 1. The summed E-state index contributed by atoms with van der Waals surface area (Å²) in [5.41, 5.74) is 1.58. The van der Waals surface area contributed by atoms with E-state index in [9.17, 15) is 13.2 Å². The molecule has 3 rings (SSSR count). The summed E-state index contributed by atoms with van der Waals surface area (Å²) in [6, 6.07) is 17.3. The maximum absolute atomic E-state index is 12.6. The van der Waals surface area contributed by atoms with Crippen LogP contribution in [0.15, 0.2) is 70.3 Å². The zero-order valence-corrected chi connectivity index (χ0v) is 18.6. The normalized spacial score (nSPS) is 11.1. The Labute approximate surface area is 185 Å². The second-order valence-electron chi connectivity index (χ2n) is 6.41. The van der Waals surface area contributed by atoms with Gasteiger partial charge in [-0.05, 0) is 59.8 Å². The molecule has 0 aliphatic rings. The number of hydrogen-bond donors (Lipinski definition) is 1. The number of carbonyl (C=O) groups excluding carboxylic acids is 1. The van der Waals surface area contributed by atoms with Crippen LogP contribution in [0.2, 0.25) is 5.02 Å². The van der Waals surface area contributed by atoms with Crippen molar-refractivity contribution in [2.24, 2.45) is 0 Å². The van der Waals surface area contributed by atoms with Crippen molar-refractivity contribution in [2.45, 2.75) is 10.6 Å². The number of sulfonamides is 1. The summed E-state index contributed by atoms with van der Waals surface area (Å²) in [5, 5.41) is 5.20. The number of amides is 1. The van der Waals surface area contributed by atoms with Gasteiger partial charge in [0, 0.05) is 18.6 Å². The summed E-state index contributed by atoms with van der Waals surface area (Å²) in [5.74, 6) is 0.249. The zero-order chi connectivity index (χ0) is 21.6. The third kappa shape index (κ3) is 5.75. The van der Waals surface area contributed by atoms with Crippen molar-refractivity contribution in [1.82, 2.24) is 5.32 Å². The number of rotatable bonds is 9. The number of nitrogens with zero attached hydrogens (tertiary/aromatic N) is 1. The van der Waals surface area contributed by atoms with Crippen molar-refractivity contribution < 1.29 is 17.9 Å². The van der Waals surface area contributed by atoms with Crippen molar-refractivity contribution in [2.75, 3.05) is 24.5 Å². The van der Waals surface area contributed by atoms with E-state index in [-0.39, 0.29) is 16.7 Å². The average molecular weight is 465 g/mol. The van der Waals surface area contributed by atoms with E-state index < -0.39 is 10.0 Å². The molecule has 0 saturated carbocycles. The molecule has 0 bridgehead atoms. The van der Waals surface area contributed by atoms with Crippen LogP contribution in [-0.4, -0.2) is 34.5 Å². The fourth-order valence-electron chi connectivity index (χ4n) is 2.63. The van der Waals surface area contributed by atoms with Crippen LogP contribution in [0.1, 0.15) is 5.56 Å². The molecule has 0 fully saturated rings. The summed E-state index contributed by atoms with van der Waals surface area (Å²) in [6.45, 7) is 0.372. The van der Waals surface area contributed by atoms with Crippen molar-refractivity contribution in [3.05, 3.63) is 76.6 Å². The third-order valence-electron chi connectivity index (χ3n) is 4.33. The minimum absolute atomic E-state index is 0.122. The van der Waals surface area contributed by atoms with E-state index in [1.807, 2.05) is 24.3 Å². The number of nitrogens with one attached hydrogen (secondary N) is 1. The molecule has 3 aromatic rings. The van der Waals surface area contributed by atoms with E-state index in [2.05, 4.69) is 5.32 Å². The number of ether oxygens (including phenoxy) is 1. The molecule has 0 unspecified atom stereocenters. The SMILES string of the molecule is CN(c1ccc(OCC(=O)NCCc2ccc(Cl)cc2)cc1)S(=O)(=O)c1cccs1. The Hall–Kier alpha value is -2.55. The first-order chi connectivity index (χ1) is 14.4. The molecule has 158 valence electrons. The molecule has 9 heteroatoms. The summed E-state index contributed by atoms with van der Waals surface area (Å²) in [7, 11) is -2.08. The first-order valence-corrected chi connectivity index (χ1v) is 11.8. The smallest absolute Gasteiger partial charge is 0.273 e. The first kappa shape index (κ1) is 22.1. The first-order valence-electron chi connectivity index (χ1n) is 9.13. The van der Waals surface area contributed by atoms with Gasteiger partial charge in [0.15, 0.2) is 6.61 Å². The molecule has 0 aliphatic heterocycles. The highest BCUT2D eigenvalue weighted by Crippen LogP contribution is 2.26. The fourth-order valence-corrected chi connectivity index (χ4v) is 5.12. The molecular weight excluding hydrogens is 444 g/mol. The lowest BCUT2D eigenvalue weighted by Gasteiger charge is -2.18. The van der Waals surface area contributed by atoms with Gasteiger partial charge in [-0.1, -0.05) is 29.8 Å². The second-order valence-corrected chi connectivity index (χ2v) is 9.99. The Morgan fingerprint density at radius 1 is 1.10 bits per heavy atom. The minimum atomic E-state index is -3.58. The van der Waals surface area contributed by atoms with Crippen LogP contribution in [0.3, 0.4) is 0 Å². The molecule has 30 heavy (non-hydrogen) atoms. The predicted octanol–water partition coefficient (Wildman–Crippen LogP) is 3.96. The van der Waals surface area contributed by atoms with Gasteiger partial charge in [0.25, 0.3) is 15.9 Å². The molecule has 0 atom stereocenters. The van der Waals surface area contributed by atoms with E-state index in [1.54, 1.807) is 41.8 Å². The van der Waals surface area contributed by atoms with Crippen LogP contribution < -0.4 is 14.4 Å². The van der Waals surface area contributed by atoms with Gasteiger partial charge >= 0.3 is 0 Å². The van der Waals surface area contributed by atoms with Crippen molar-refractivity contribution in [1.29, 1.82) is 0 Å². The maximum Gasteiger partial charge on any atom is 0.273 e. The van der Waals surface area contributed by atoms with Gasteiger partial charge in [-0.25, -0.2) is 8.42 Å². The Bertz CT molecular complexity index is 1070. The van der Waals surface area contributed by atoms with E-state index in [0.29, 0.717) is 29.4 Å². The van der Waals surface area contributed by atoms with Gasteiger partial charge in [0.1, 0.15) is 9.96 Å². The number of thiophene rings is 1. The van der Waals surface area contributed by atoms with Gasteiger partial charge in [-0.3, -0.25) is 9.10 Å². The van der Waals surface area contributed by atoms with Crippen molar-refractivity contribution in [3.63, 3.8) is 0 Å². The number of benzene rings is 2. The minimum Gasteiger partial charge on any atom is -0.484 e. The predicted molar refractivity (Wildman–Crippen MR) is 120 cm³/mol. The third-order valence-corrected chi connectivity index (χ3v) is 7.74. The van der Waals surface area contributed by atoms with Crippen LogP contribution in [-0.2, 0) is 21.2 Å². The van der Waals surface area contributed by atoms with Gasteiger partial charge in [0.05, 0.1) is 5.69 Å². The number of halogens is 1. The van der Waals surface area contributed by atoms with E-state index in [0.717, 1.165) is 5.56 Å². The standard InChI is InChI=1S/C21H21ClN2O4S2/c1-24(30(26,27)21-3-2-14-29-21)18-8-10-19(11-9-18)28-15-20(25)23-13-12-16-4-6-17(22)7-5-16/h2-11,14H,12-13,15H2,1H3,(H,23,25). The van der Waals surface area contributed by atoms with Crippen LogP contribution in [0.4, 0.5) is 5.69 Å². The molecule has 2 aromatic carbocycles. The van der Waals surface area contributed by atoms with E-state index in [4.69, 9.17) is 16.3 Å². The lowest BCUT2D eigenvalue weighted by Crippen LogP contribution is -2.30. The summed E-state index contributed by atoms with van der Waals surface area (Å²) < 4.78 is 32.1. The second kappa shape index (κ2) is 9.97. The average Bonchev–Trinajstić information content (AvgIpc) is 3.29. The molecule has 0 radical (unpaired) electrons. The molecule has 6 nitrogen and oxygen atoms in total. The molecule has 1 aromatic heterocycles. The van der Waals surface area contributed by atoms with Crippen LogP contribution in [0, 0.1) is 0 Å². The summed E-state index contributed by atoms with van der Waals surface area (Å²) in [6.07, 6.45) is 0.697. The Morgan fingerprint density at radius 3 is 2.43 bits per heavy atom. The van der Waals surface area contributed by atoms with Gasteiger partial charge in [-0.2, -0.15) is 0 Å². The van der Waals surface area contributed by atoms with Crippen molar-refractivity contribution >= 4 is 44.6 Å². The Kier molecular flexibility index (Phi) is 7.36. The van der Waals surface area contributed by atoms with E-state index in [1.165, 1.54) is 22.7 Å². The fraction of sp³-hybridized carbons (Fsp3) is 0.190. The van der Waals surface area contributed by atoms with Crippen LogP contribution in [0.5, 0.6) is 5.75 Å². The molecule has 1 N–H and O–H groups in total. The Morgan fingerprint density at radius 2 is 1.80 bits per heavy atom. The largest absolute Gasteiger partial charge is 0.484 e. The van der Waals surface area contributed by atoms with Gasteiger partial charge in [0.2, 0.25) is 0 Å². The summed E-state index contributed by atoms with van der Waals surface area (Å²) in [4.78, 5) is 12.0. The molecular formula is C21H21ClN2O4S2. The number of hydrogen-bond acceptors (Lipinski definition) is 5. The molecule has 0 spiro atoms. The van der Waals surface area contributed by atoms with Crippen LogP contribution >= 0.6 is 22.9 Å². The zero-order valence-electron chi connectivity index (χ0n) is 16.2. The maximum atomic E-state index is 12.6. The summed E-state index contributed by atoms with van der Waals surface area (Å²) >= 11 is 7.02. The lowest BCUT2D eigenvalue weighted by molar-refractivity contribution is -0.123. The van der Waals surface area contributed by atoms with Crippen molar-refractivity contribution in [3.8, 4) is 5.75 Å². The Balaban J connectivity index is 1.47. The monoisotopic (exact) mass is 464 g/mol. The topological polar surface area (TPSA) is 75.7 Å². The van der Waals surface area contributed by atoms with Gasteiger partial charge < -0.3 is 10.1 Å². The quantitative estimate of drug-likeness (QED) is 0.520. The van der Waals surface area contributed by atoms with Crippen LogP contribution in [0.25, 0.3) is 0 Å². The van der Waals surface area contributed by atoms with E-state index >= 15 is 0 Å².